The smallest absolute Gasteiger partial charge is 0.251 e. The topological polar surface area (TPSA) is 78.4 Å². The van der Waals surface area contributed by atoms with Gasteiger partial charge < -0.3 is 15.7 Å². The molecule has 5 heteroatoms. The average molecular weight is 278 g/mol. The van der Waals surface area contributed by atoms with Gasteiger partial charge >= 0.3 is 0 Å². The summed E-state index contributed by atoms with van der Waals surface area (Å²) in [6, 6.07) is 6.73. The van der Waals surface area contributed by atoms with E-state index in [2.05, 4.69) is 10.6 Å². The number of aliphatic hydroxyl groups excluding tert-OH is 1. The number of anilines is 1. The Morgan fingerprint density at radius 1 is 1.30 bits per heavy atom. The van der Waals surface area contributed by atoms with Gasteiger partial charge in [0.25, 0.3) is 5.91 Å². The highest BCUT2D eigenvalue weighted by Crippen LogP contribution is 2.11. The average Bonchev–Trinajstić information content (AvgIpc) is 2.45. The maximum absolute atomic E-state index is 11.9. The second-order valence-corrected chi connectivity index (χ2v) is 4.64. The summed E-state index contributed by atoms with van der Waals surface area (Å²) in [5.41, 5.74) is 1.06. The molecule has 1 atom stereocenters. The number of carbonyl (C=O) groups excluding carboxylic acids is 2. The van der Waals surface area contributed by atoms with Gasteiger partial charge in [-0.3, -0.25) is 9.59 Å². The second-order valence-electron chi connectivity index (χ2n) is 4.64. The van der Waals surface area contributed by atoms with E-state index in [1.165, 1.54) is 0 Å². The van der Waals surface area contributed by atoms with E-state index < -0.39 is 6.10 Å². The van der Waals surface area contributed by atoms with Crippen molar-refractivity contribution in [2.24, 2.45) is 0 Å². The number of amides is 2. The van der Waals surface area contributed by atoms with Crippen LogP contribution in [0.15, 0.2) is 24.3 Å². The Morgan fingerprint density at radius 3 is 2.70 bits per heavy atom. The van der Waals surface area contributed by atoms with Crippen LogP contribution < -0.4 is 10.6 Å². The third kappa shape index (κ3) is 5.40. The van der Waals surface area contributed by atoms with E-state index in [1.807, 2.05) is 6.92 Å². The van der Waals surface area contributed by atoms with Gasteiger partial charge in [0.05, 0.1) is 6.10 Å². The number of rotatable bonds is 7. The monoisotopic (exact) mass is 278 g/mol. The van der Waals surface area contributed by atoms with Gasteiger partial charge in [0.2, 0.25) is 5.91 Å². The zero-order chi connectivity index (χ0) is 15.0. The molecule has 0 aliphatic heterocycles. The summed E-state index contributed by atoms with van der Waals surface area (Å²) in [5, 5.41) is 15.0. The molecule has 0 heterocycles. The van der Waals surface area contributed by atoms with E-state index in [-0.39, 0.29) is 18.4 Å². The van der Waals surface area contributed by atoms with Crippen molar-refractivity contribution in [3.05, 3.63) is 29.8 Å². The van der Waals surface area contributed by atoms with Crippen LogP contribution >= 0.6 is 0 Å². The van der Waals surface area contributed by atoms with E-state index in [0.29, 0.717) is 24.1 Å². The highest BCUT2D eigenvalue weighted by molar-refractivity contribution is 5.97. The van der Waals surface area contributed by atoms with Crippen LogP contribution in [0.5, 0.6) is 0 Å². The van der Waals surface area contributed by atoms with Crippen LogP contribution in [-0.2, 0) is 4.79 Å². The summed E-state index contributed by atoms with van der Waals surface area (Å²) in [4.78, 5) is 23.2. The fourth-order valence-electron chi connectivity index (χ4n) is 1.74. The fourth-order valence-corrected chi connectivity index (χ4v) is 1.74. The molecule has 0 fully saturated rings. The third-order valence-corrected chi connectivity index (χ3v) is 2.85. The molecule has 0 bridgehead atoms. The molecule has 1 aromatic rings. The standard InChI is InChI=1S/C15H22N2O3/c1-3-6-13(18)10-16-15(20)11-7-5-8-12(9-11)17-14(19)4-2/h5,7-9,13,18H,3-4,6,10H2,1-2H3,(H,16,20)(H,17,19). The first-order valence-electron chi connectivity index (χ1n) is 6.93. The molecule has 0 saturated heterocycles. The third-order valence-electron chi connectivity index (χ3n) is 2.85. The summed E-state index contributed by atoms with van der Waals surface area (Å²) in [6.07, 6.45) is 1.40. The Morgan fingerprint density at radius 2 is 2.05 bits per heavy atom. The zero-order valence-corrected chi connectivity index (χ0v) is 12.0. The molecule has 0 aliphatic carbocycles. The van der Waals surface area contributed by atoms with Crippen LogP contribution in [0.1, 0.15) is 43.5 Å². The first-order valence-corrected chi connectivity index (χ1v) is 6.93. The summed E-state index contributed by atoms with van der Waals surface area (Å²) < 4.78 is 0. The normalized spacial score (nSPS) is 11.8. The van der Waals surface area contributed by atoms with Crippen LogP contribution in [-0.4, -0.2) is 29.6 Å². The van der Waals surface area contributed by atoms with E-state index in [0.717, 1.165) is 6.42 Å². The van der Waals surface area contributed by atoms with Crippen molar-refractivity contribution in [1.29, 1.82) is 0 Å². The SMILES string of the molecule is CCCC(O)CNC(=O)c1cccc(NC(=O)CC)c1. The lowest BCUT2D eigenvalue weighted by Gasteiger charge is -2.11. The maximum atomic E-state index is 11.9. The molecule has 1 unspecified atom stereocenters. The van der Waals surface area contributed by atoms with Crippen molar-refractivity contribution >= 4 is 17.5 Å². The minimum atomic E-state index is -0.521. The summed E-state index contributed by atoms with van der Waals surface area (Å²) in [6.45, 7) is 3.98. The van der Waals surface area contributed by atoms with Gasteiger partial charge in [-0.25, -0.2) is 0 Å². The molecule has 0 saturated carbocycles. The Labute approximate surface area is 119 Å². The fraction of sp³-hybridized carbons (Fsp3) is 0.467. The van der Waals surface area contributed by atoms with Crippen molar-refractivity contribution in [2.45, 2.75) is 39.2 Å². The Balaban J connectivity index is 2.59. The molecule has 20 heavy (non-hydrogen) atoms. The van der Waals surface area contributed by atoms with Crippen molar-refractivity contribution in [3.8, 4) is 0 Å². The van der Waals surface area contributed by atoms with Gasteiger partial charge in [0.1, 0.15) is 0 Å². The maximum Gasteiger partial charge on any atom is 0.251 e. The summed E-state index contributed by atoms with van der Waals surface area (Å²) in [5.74, 6) is -0.353. The number of benzene rings is 1. The quantitative estimate of drug-likeness (QED) is 0.713. The van der Waals surface area contributed by atoms with Crippen molar-refractivity contribution in [2.75, 3.05) is 11.9 Å². The summed E-state index contributed by atoms with van der Waals surface area (Å²) >= 11 is 0. The molecular formula is C15H22N2O3. The van der Waals surface area contributed by atoms with Crippen LogP contribution in [0.2, 0.25) is 0 Å². The molecule has 2 amide bonds. The second kappa shape index (κ2) is 8.32. The largest absolute Gasteiger partial charge is 0.391 e. The highest BCUT2D eigenvalue weighted by atomic mass is 16.3. The summed E-state index contributed by atoms with van der Waals surface area (Å²) in [7, 11) is 0. The van der Waals surface area contributed by atoms with Gasteiger partial charge in [-0.05, 0) is 24.6 Å². The van der Waals surface area contributed by atoms with E-state index >= 15 is 0 Å². The number of hydrogen-bond acceptors (Lipinski definition) is 3. The molecule has 0 radical (unpaired) electrons. The predicted molar refractivity (Wildman–Crippen MR) is 78.6 cm³/mol. The Bertz CT molecular complexity index is 460. The van der Waals surface area contributed by atoms with Crippen LogP contribution in [0.25, 0.3) is 0 Å². The molecule has 0 aromatic heterocycles. The van der Waals surface area contributed by atoms with Crippen LogP contribution in [0.4, 0.5) is 5.69 Å². The lowest BCUT2D eigenvalue weighted by atomic mass is 10.1. The van der Waals surface area contributed by atoms with Crippen molar-refractivity contribution in [3.63, 3.8) is 0 Å². The molecule has 110 valence electrons. The number of carbonyl (C=O) groups is 2. The molecule has 1 aromatic carbocycles. The Hall–Kier alpha value is -1.88. The lowest BCUT2D eigenvalue weighted by molar-refractivity contribution is -0.115. The zero-order valence-electron chi connectivity index (χ0n) is 12.0. The molecule has 1 rings (SSSR count). The lowest BCUT2D eigenvalue weighted by Crippen LogP contribution is -2.32. The molecule has 3 N–H and O–H groups in total. The first-order chi connectivity index (χ1) is 9.56. The Kier molecular flexibility index (Phi) is 6.73. The predicted octanol–water partition coefficient (Wildman–Crippen LogP) is 1.93. The number of aliphatic hydroxyl groups is 1. The number of nitrogens with one attached hydrogen (secondary N) is 2. The van der Waals surface area contributed by atoms with Crippen LogP contribution in [0, 0.1) is 0 Å². The van der Waals surface area contributed by atoms with Gasteiger partial charge in [0, 0.05) is 24.2 Å². The highest BCUT2D eigenvalue weighted by Gasteiger charge is 2.09. The molecule has 5 nitrogen and oxygen atoms in total. The van der Waals surface area contributed by atoms with E-state index in [1.54, 1.807) is 31.2 Å². The van der Waals surface area contributed by atoms with E-state index in [9.17, 15) is 14.7 Å². The van der Waals surface area contributed by atoms with Gasteiger partial charge in [-0.15, -0.1) is 0 Å². The minimum absolute atomic E-state index is 0.0964. The van der Waals surface area contributed by atoms with Gasteiger partial charge in [0.15, 0.2) is 0 Å². The first kappa shape index (κ1) is 16.2. The molecule has 0 spiro atoms. The molecular weight excluding hydrogens is 256 g/mol. The van der Waals surface area contributed by atoms with E-state index in [4.69, 9.17) is 0 Å². The van der Waals surface area contributed by atoms with Crippen molar-refractivity contribution < 1.29 is 14.7 Å². The minimum Gasteiger partial charge on any atom is -0.391 e. The van der Waals surface area contributed by atoms with Gasteiger partial charge in [-0.1, -0.05) is 26.3 Å². The number of hydrogen-bond donors (Lipinski definition) is 3. The molecule has 0 aliphatic rings. The van der Waals surface area contributed by atoms with Gasteiger partial charge in [-0.2, -0.15) is 0 Å². The van der Waals surface area contributed by atoms with Crippen LogP contribution in [0.3, 0.4) is 0 Å². The van der Waals surface area contributed by atoms with Crippen molar-refractivity contribution in [1.82, 2.24) is 5.32 Å².